The van der Waals surface area contributed by atoms with Crippen LogP contribution in [0.4, 0.5) is 5.69 Å². The van der Waals surface area contributed by atoms with Gasteiger partial charge >= 0.3 is 0 Å². The SMILES string of the molecule is COc1ccc(C)c(S(=O)(=O)N2CCC[C@@H]2C(=O)Nc2cccc(Cl)c2)c1. The number of carbonyl (C=O) groups excluding carboxylic acids is 1. The smallest absolute Gasteiger partial charge is 0.244 e. The molecule has 1 saturated heterocycles. The zero-order chi connectivity index (χ0) is 19.6. The zero-order valence-electron chi connectivity index (χ0n) is 15.1. The van der Waals surface area contributed by atoms with Crippen molar-refractivity contribution in [1.29, 1.82) is 0 Å². The first-order chi connectivity index (χ1) is 12.8. The minimum Gasteiger partial charge on any atom is -0.497 e. The van der Waals surface area contributed by atoms with Crippen molar-refractivity contribution in [3.8, 4) is 5.75 Å². The summed E-state index contributed by atoms with van der Waals surface area (Å²) < 4.78 is 32.9. The van der Waals surface area contributed by atoms with Crippen molar-refractivity contribution in [2.45, 2.75) is 30.7 Å². The lowest BCUT2D eigenvalue weighted by atomic mass is 10.2. The summed E-state index contributed by atoms with van der Waals surface area (Å²) in [6.45, 7) is 2.02. The van der Waals surface area contributed by atoms with Crippen LogP contribution >= 0.6 is 11.6 Å². The molecule has 2 aromatic rings. The van der Waals surface area contributed by atoms with Crippen LogP contribution in [-0.4, -0.2) is 38.3 Å². The number of hydrogen-bond donors (Lipinski definition) is 1. The van der Waals surface area contributed by atoms with E-state index in [1.54, 1.807) is 43.3 Å². The monoisotopic (exact) mass is 408 g/mol. The Bertz CT molecular complexity index is 962. The molecule has 0 spiro atoms. The molecular weight excluding hydrogens is 388 g/mol. The predicted octanol–water partition coefficient (Wildman–Crippen LogP) is 3.45. The van der Waals surface area contributed by atoms with Crippen LogP contribution in [0, 0.1) is 6.92 Å². The van der Waals surface area contributed by atoms with Gasteiger partial charge in [0.15, 0.2) is 0 Å². The second-order valence-corrected chi connectivity index (χ2v) is 8.70. The number of rotatable bonds is 5. The number of benzene rings is 2. The number of amides is 1. The number of methoxy groups -OCH3 is 1. The van der Waals surface area contributed by atoms with Crippen LogP contribution in [0.3, 0.4) is 0 Å². The fourth-order valence-corrected chi connectivity index (χ4v) is 5.28. The van der Waals surface area contributed by atoms with Crippen LogP contribution in [0.5, 0.6) is 5.75 Å². The lowest BCUT2D eigenvalue weighted by molar-refractivity contribution is -0.119. The van der Waals surface area contributed by atoms with E-state index in [-0.39, 0.29) is 10.8 Å². The predicted molar refractivity (Wildman–Crippen MR) is 105 cm³/mol. The van der Waals surface area contributed by atoms with Gasteiger partial charge in [0.1, 0.15) is 11.8 Å². The number of ether oxygens (including phenoxy) is 1. The third kappa shape index (κ3) is 4.10. The van der Waals surface area contributed by atoms with E-state index in [9.17, 15) is 13.2 Å². The first-order valence-corrected chi connectivity index (χ1v) is 10.4. The van der Waals surface area contributed by atoms with Gasteiger partial charge in [-0.25, -0.2) is 8.42 Å². The molecule has 27 heavy (non-hydrogen) atoms. The fraction of sp³-hybridized carbons (Fsp3) is 0.316. The molecule has 144 valence electrons. The van der Waals surface area contributed by atoms with Crippen molar-refractivity contribution >= 4 is 33.2 Å². The first-order valence-electron chi connectivity index (χ1n) is 8.56. The van der Waals surface area contributed by atoms with Gasteiger partial charge in [-0.15, -0.1) is 0 Å². The Labute approximate surface area is 164 Å². The van der Waals surface area contributed by atoms with Crippen molar-refractivity contribution in [2.75, 3.05) is 19.0 Å². The molecule has 1 aliphatic heterocycles. The molecule has 0 radical (unpaired) electrons. The van der Waals surface area contributed by atoms with Crippen LogP contribution in [0.25, 0.3) is 0 Å². The normalized spacial score (nSPS) is 17.7. The van der Waals surface area contributed by atoms with Crippen LogP contribution in [0.1, 0.15) is 18.4 Å². The Morgan fingerprint density at radius 3 is 2.74 bits per heavy atom. The molecule has 0 aromatic heterocycles. The molecule has 1 heterocycles. The summed E-state index contributed by atoms with van der Waals surface area (Å²) in [5.74, 6) is 0.0946. The van der Waals surface area contributed by atoms with E-state index in [1.807, 2.05) is 0 Å². The highest BCUT2D eigenvalue weighted by atomic mass is 35.5. The summed E-state index contributed by atoms with van der Waals surface area (Å²) >= 11 is 5.95. The molecule has 2 aromatic carbocycles. The molecule has 1 N–H and O–H groups in total. The fourth-order valence-electron chi connectivity index (χ4n) is 3.19. The van der Waals surface area contributed by atoms with Crippen molar-refractivity contribution in [2.24, 2.45) is 0 Å². The summed E-state index contributed by atoms with van der Waals surface area (Å²) in [7, 11) is -2.35. The van der Waals surface area contributed by atoms with E-state index in [2.05, 4.69) is 5.32 Å². The molecule has 1 fully saturated rings. The lowest BCUT2D eigenvalue weighted by Gasteiger charge is -2.24. The largest absolute Gasteiger partial charge is 0.497 e. The average Bonchev–Trinajstić information content (AvgIpc) is 3.13. The number of hydrogen-bond acceptors (Lipinski definition) is 4. The molecule has 0 saturated carbocycles. The van der Waals surface area contributed by atoms with Gasteiger partial charge in [-0.3, -0.25) is 4.79 Å². The zero-order valence-corrected chi connectivity index (χ0v) is 16.7. The molecule has 0 unspecified atom stereocenters. The van der Waals surface area contributed by atoms with Crippen molar-refractivity contribution in [3.63, 3.8) is 0 Å². The number of aryl methyl sites for hydroxylation is 1. The van der Waals surface area contributed by atoms with Crippen LogP contribution < -0.4 is 10.1 Å². The van der Waals surface area contributed by atoms with Gasteiger partial charge in [-0.1, -0.05) is 23.7 Å². The topological polar surface area (TPSA) is 75.7 Å². The van der Waals surface area contributed by atoms with Crippen LogP contribution in [0.2, 0.25) is 5.02 Å². The van der Waals surface area contributed by atoms with Crippen molar-refractivity contribution in [3.05, 3.63) is 53.1 Å². The Morgan fingerprint density at radius 1 is 1.26 bits per heavy atom. The number of nitrogens with zero attached hydrogens (tertiary/aromatic N) is 1. The number of anilines is 1. The molecule has 3 rings (SSSR count). The van der Waals surface area contributed by atoms with Gasteiger partial charge in [0.25, 0.3) is 0 Å². The summed E-state index contributed by atoms with van der Waals surface area (Å²) in [4.78, 5) is 12.9. The van der Waals surface area contributed by atoms with E-state index in [4.69, 9.17) is 16.3 Å². The molecule has 1 atom stereocenters. The van der Waals surface area contributed by atoms with Gasteiger partial charge in [-0.2, -0.15) is 4.31 Å². The third-order valence-electron chi connectivity index (χ3n) is 4.58. The van der Waals surface area contributed by atoms with Gasteiger partial charge < -0.3 is 10.1 Å². The molecular formula is C19H21ClN2O4S. The van der Waals surface area contributed by atoms with Crippen molar-refractivity contribution < 1.29 is 17.9 Å². The highest BCUT2D eigenvalue weighted by Gasteiger charge is 2.40. The summed E-state index contributed by atoms with van der Waals surface area (Å²) in [5.41, 5.74) is 1.14. The maximum atomic E-state index is 13.2. The Balaban J connectivity index is 1.88. The first kappa shape index (κ1) is 19.7. The highest BCUT2D eigenvalue weighted by Crippen LogP contribution is 2.30. The Kier molecular flexibility index (Phi) is 5.74. The molecule has 8 heteroatoms. The highest BCUT2D eigenvalue weighted by molar-refractivity contribution is 7.89. The summed E-state index contributed by atoms with van der Waals surface area (Å²) in [6, 6.07) is 10.9. The minimum absolute atomic E-state index is 0.157. The van der Waals surface area contributed by atoms with Crippen LogP contribution in [-0.2, 0) is 14.8 Å². The van der Waals surface area contributed by atoms with Gasteiger partial charge in [0.2, 0.25) is 15.9 Å². The van der Waals surface area contributed by atoms with Gasteiger partial charge in [-0.05, 0) is 49.6 Å². The van der Waals surface area contributed by atoms with Crippen LogP contribution in [0.15, 0.2) is 47.4 Å². The number of sulfonamides is 1. The summed E-state index contributed by atoms with van der Waals surface area (Å²) in [5, 5.41) is 3.26. The Morgan fingerprint density at radius 2 is 2.04 bits per heavy atom. The number of halogens is 1. The van der Waals surface area contributed by atoms with E-state index in [0.29, 0.717) is 41.4 Å². The van der Waals surface area contributed by atoms with Gasteiger partial charge in [0, 0.05) is 23.3 Å². The molecule has 6 nitrogen and oxygen atoms in total. The standard InChI is InChI=1S/C19H21ClN2O4S/c1-13-8-9-16(26-2)12-18(13)27(24,25)22-10-4-7-17(22)19(23)21-15-6-3-5-14(20)11-15/h3,5-6,8-9,11-12,17H,4,7,10H2,1-2H3,(H,21,23)/t17-/m1/s1. The maximum absolute atomic E-state index is 13.2. The molecule has 0 aliphatic carbocycles. The number of nitrogens with one attached hydrogen (secondary N) is 1. The second kappa shape index (κ2) is 7.88. The lowest BCUT2D eigenvalue weighted by Crippen LogP contribution is -2.43. The van der Waals surface area contributed by atoms with E-state index in [0.717, 1.165) is 0 Å². The molecule has 0 bridgehead atoms. The van der Waals surface area contributed by atoms with Gasteiger partial charge in [0.05, 0.1) is 12.0 Å². The van der Waals surface area contributed by atoms with E-state index in [1.165, 1.54) is 17.5 Å². The third-order valence-corrected chi connectivity index (χ3v) is 6.87. The van der Waals surface area contributed by atoms with E-state index >= 15 is 0 Å². The second-order valence-electron chi connectivity index (χ2n) is 6.40. The quantitative estimate of drug-likeness (QED) is 0.822. The van der Waals surface area contributed by atoms with E-state index < -0.39 is 16.1 Å². The maximum Gasteiger partial charge on any atom is 0.244 e. The molecule has 1 aliphatic rings. The number of carbonyl (C=O) groups is 1. The van der Waals surface area contributed by atoms with Crippen molar-refractivity contribution in [1.82, 2.24) is 4.31 Å². The average molecular weight is 409 g/mol. The minimum atomic E-state index is -3.83. The Hall–Kier alpha value is -2.09. The summed E-state index contributed by atoms with van der Waals surface area (Å²) in [6.07, 6.45) is 1.09. The molecule has 1 amide bonds.